The monoisotopic (exact) mass is 203 g/mol. The van der Waals surface area contributed by atoms with Crippen molar-refractivity contribution >= 4 is 17.2 Å². The summed E-state index contributed by atoms with van der Waals surface area (Å²) in [5.41, 5.74) is 5.43. The fourth-order valence-corrected chi connectivity index (χ4v) is 1.34. The highest BCUT2D eigenvalue weighted by molar-refractivity contribution is 7.80. The zero-order chi connectivity index (χ0) is 9.68. The van der Waals surface area contributed by atoms with Gasteiger partial charge in [-0.25, -0.2) is 0 Å². The molecule has 1 atom stereocenters. The van der Waals surface area contributed by atoms with Crippen molar-refractivity contribution in [3.05, 3.63) is 0 Å². The highest BCUT2D eigenvalue weighted by Crippen LogP contribution is 2.15. The maximum absolute atomic E-state index is 5.52. The number of hydrogen-bond acceptors (Lipinski definition) is 3. The lowest BCUT2D eigenvalue weighted by Gasteiger charge is -2.23. The van der Waals surface area contributed by atoms with E-state index >= 15 is 0 Å². The molecule has 1 rings (SSSR count). The van der Waals surface area contributed by atoms with Gasteiger partial charge in [0.05, 0.1) is 6.61 Å². The van der Waals surface area contributed by atoms with E-state index in [1.807, 2.05) is 6.92 Å². The molecule has 0 bridgehead atoms. The molecular formula is C9H17NO2S. The SMILES string of the molecule is CC(OCC1CCOCC1)C(N)=S. The summed E-state index contributed by atoms with van der Waals surface area (Å²) < 4.78 is 10.8. The van der Waals surface area contributed by atoms with E-state index in [1.165, 1.54) is 0 Å². The van der Waals surface area contributed by atoms with Gasteiger partial charge in [0.1, 0.15) is 11.1 Å². The van der Waals surface area contributed by atoms with Gasteiger partial charge in [-0.05, 0) is 25.7 Å². The van der Waals surface area contributed by atoms with E-state index in [4.69, 9.17) is 27.4 Å². The lowest BCUT2D eigenvalue weighted by molar-refractivity contribution is 0.0127. The lowest BCUT2D eigenvalue weighted by atomic mass is 10.0. The Morgan fingerprint density at radius 2 is 2.23 bits per heavy atom. The second-order valence-corrected chi connectivity index (χ2v) is 3.91. The molecule has 0 aromatic rings. The third kappa shape index (κ3) is 4.02. The van der Waals surface area contributed by atoms with Crippen molar-refractivity contribution in [2.45, 2.75) is 25.9 Å². The first kappa shape index (κ1) is 10.9. The van der Waals surface area contributed by atoms with E-state index in [0.29, 0.717) is 10.9 Å². The van der Waals surface area contributed by atoms with Crippen LogP contribution in [0.4, 0.5) is 0 Å². The molecule has 0 radical (unpaired) electrons. The minimum atomic E-state index is -0.0992. The number of ether oxygens (including phenoxy) is 2. The standard InChI is InChI=1S/C9H17NO2S/c1-7(9(10)13)12-6-8-2-4-11-5-3-8/h7-8H,2-6H2,1H3,(H2,10,13). The van der Waals surface area contributed by atoms with Crippen molar-refractivity contribution in [1.82, 2.24) is 0 Å². The third-order valence-electron chi connectivity index (χ3n) is 2.32. The minimum absolute atomic E-state index is 0.0992. The van der Waals surface area contributed by atoms with Gasteiger partial charge < -0.3 is 15.2 Å². The summed E-state index contributed by atoms with van der Waals surface area (Å²) in [6.45, 7) is 4.36. The van der Waals surface area contributed by atoms with Crippen LogP contribution >= 0.6 is 12.2 Å². The minimum Gasteiger partial charge on any atom is -0.391 e. The molecule has 0 aromatic heterocycles. The van der Waals surface area contributed by atoms with E-state index in [1.54, 1.807) is 0 Å². The maximum atomic E-state index is 5.52. The third-order valence-corrected chi connectivity index (χ3v) is 2.66. The van der Waals surface area contributed by atoms with Crippen LogP contribution in [0.5, 0.6) is 0 Å². The van der Waals surface area contributed by atoms with Crippen LogP contribution in [-0.2, 0) is 9.47 Å². The van der Waals surface area contributed by atoms with Crippen LogP contribution in [0.1, 0.15) is 19.8 Å². The molecule has 0 aliphatic carbocycles. The molecule has 13 heavy (non-hydrogen) atoms. The Kier molecular flexibility index (Phi) is 4.62. The Hall–Kier alpha value is -0.190. The van der Waals surface area contributed by atoms with Crippen LogP contribution < -0.4 is 5.73 Å². The molecule has 0 spiro atoms. The molecule has 76 valence electrons. The molecule has 1 saturated heterocycles. The van der Waals surface area contributed by atoms with Crippen LogP contribution in [-0.4, -0.2) is 30.9 Å². The first-order valence-electron chi connectivity index (χ1n) is 4.69. The maximum Gasteiger partial charge on any atom is 0.104 e. The van der Waals surface area contributed by atoms with Crippen LogP contribution in [0.2, 0.25) is 0 Å². The molecule has 1 fully saturated rings. The average molecular weight is 203 g/mol. The smallest absolute Gasteiger partial charge is 0.104 e. The molecule has 1 aliphatic rings. The van der Waals surface area contributed by atoms with Gasteiger partial charge in [0.25, 0.3) is 0 Å². The Bertz CT molecular complexity index is 169. The topological polar surface area (TPSA) is 44.5 Å². The second kappa shape index (κ2) is 5.52. The Labute approximate surface area is 84.6 Å². The van der Waals surface area contributed by atoms with E-state index in [0.717, 1.165) is 32.7 Å². The zero-order valence-electron chi connectivity index (χ0n) is 7.99. The molecule has 0 saturated carbocycles. The highest BCUT2D eigenvalue weighted by atomic mass is 32.1. The van der Waals surface area contributed by atoms with Crippen LogP contribution in [0.3, 0.4) is 0 Å². The number of thiocarbonyl (C=S) groups is 1. The fourth-order valence-electron chi connectivity index (χ4n) is 1.28. The number of nitrogens with two attached hydrogens (primary N) is 1. The summed E-state index contributed by atoms with van der Waals surface area (Å²) in [5, 5.41) is 0. The fraction of sp³-hybridized carbons (Fsp3) is 0.889. The largest absolute Gasteiger partial charge is 0.391 e. The summed E-state index contributed by atoms with van der Waals surface area (Å²) in [5.74, 6) is 0.616. The predicted molar refractivity (Wildman–Crippen MR) is 55.7 cm³/mol. The summed E-state index contributed by atoms with van der Waals surface area (Å²) in [6, 6.07) is 0. The van der Waals surface area contributed by atoms with E-state index in [2.05, 4.69) is 0 Å². The van der Waals surface area contributed by atoms with Gasteiger partial charge in [-0.1, -0.05) is 12.2 Å². The first-order chi connectivity index (χ1) is 6.20. The summed E-state index contributed by atoms with van der Waals surface area (Å²) in [4.78, 5) is 0.437. The average Bonchev–Trinajstić information content (AvgIpc) is 2.15. The number of rotatable bonds is 4. The molecule has 0 amide bonds. The predicted octanol–water partition coefficient (Wildman–Crippen LogP) is 1.10. The number of hydrogen-bond donors (Lipinski definition) is 1. The molecule has 1 aliphatic heterocycles. The van der Waals surface area contributed by atoms with Crippen molar-refractivity contribution in [2.75, 3.05) is 19.8 Å². The first-order valence-corrected chi connectivity index (χ1v) is 5.09. The van der Waals surface area contributed by atoms with Crippen molar-refractivity contribution in [3.8, 4) is 0 Å². The van der Waals surface area contributed by atoms with Crippen LogP contribution in [0.25, 0.3) is 0 Å². The summed E-state index contributed by atoms with van der Waals surface area (Å²) in [7, 11) is 0. The zero-order valence-corrected chi connectivity index (χ0v) is 8.81. The van der Waals surface area contributed by atoms with Gasteiger partial charge in [0.2, 0.25) is 0 Å². The van der Waals surface area contributed by atoms with Gasteiger partial charge >= 0.3 is 0 Å². The molecule has 4 heteroatoms. The van der Waals surface area contributed by atoms with E-state index in [-0.39, 0.29) is 6.10 Å². The van der Waals surface area contributed by atoms with Gasteiger partial charge in [-0.3, -0.25) is 0 Å². The van der Waals surface area contributed by atoms with Crippen molar-refractivity contribution in [3.63, 3.8) is 0 Å². The van der Waals surface area contributed by atoms with Crippen molar-refractivity contribution in [1.29, 1.82) is 0 Å². The van der Waals surface area contributed by atoms with Gasteiger partial charge in [0, 0.05) is 13.2 Å². The highest BCUT2D eigenvalue weighted by Gasteiger charge is 2.15. The van der Waals surface area contributed by atoms with E-state index in [9.17, 15) is 0 Å². The molecule has 1 unspecified atom stereocenters. The van der Waals surface area contributed by atoms with Gasteiger partial charge in [-0.15, -0.1) is 0 Å². The van der Waals surface area contributed by atoms with Crippen LogP contribution in [0.15, 0.2) is 0 Å². The second-order valence-electron chi connectivity index (χ2n) is 3.43. The van der Waals surface area contributed by atoms with Gasteiger partial charge in [-0.2, -0.15) is 0 Å². The Morgan fingerprint density at radius 1 is 1.62 bits per heavy atom. The Balaban J connectivity index is 2.13. The normalized spacial score (nSPS) is 21.3. The molecule has 3 nitrogen and oxygen atoms in total. The summed E-state index contributed by atoms with van der Waals surface area (Å²) in [6.07, 6.45) is 2.08. The van der Waals surface area contributed by atoms with Crippen LogP contribution in [0, 0.1) is 5.92 Å². The Morgan fingerprint density at radius 3 is 2.77 bits per heavy atom. The lowest BCUT2D eigenvalue weighted by Crippen LogP contribution is -2.29. The molecule has 0 aromatic carbocycles. The molecule has 2 N–H and O–H groups in total. The van der Waals surface area contributed by atoms with Crippen molar-refractivity contribution in [2.24, 2.45) is 11.7 Å². The molecule has 1 heterocycles. The summed E-state index contributed by atoms with van der Waals surface area (Å²) >= 11 is 4.81. The van der Waals surface area contributed by atoms with Crippen molar-refractivity contribution < 1.29 is 9.47 Å². The molecular weight excluding hydrogens is 186 g/mol. The van der Waals surface area contributed by atoms with Gasteiger partial charge in [0.15, 0.2) is 0 Å². The van der Waals surface area contributed by atoms with E-state index < -0.39 is 0 Å². The quantitative estimate of drug-likeness (QED) is 0.695.